The minimum atomic E-state index is -0.417. The van der Waals surface area contributed by atoms with Crippen molar-refractivity contribution in [1.82, 2.24) is 4.90 Å². The molecule has 1 saturated carbocycles. The summed E-state index contributed by atoms with van der Waals surface area (Å²) in [5.74, 6) is 1.23. The first-order valence-electron chi connectivity index (χ1n) is 7.77. The Hall–Kier alpha value is -0.900. The molecule has 110 valence electrons. The van der Waals surface area contributed by atoms with Crippen LogP contribution in [0.4, 0.5) is 0 Å². The van der Waals surface area contributed by atoms with Crippen molar-refractivity contribution in [3.05, 3.63) is 35.9 Å². The van der Waals surface area contributed by atoms with Gasteiger partial charge >= 0.3 is 0 Å². The third-order valence-corrected chi connectivity index (χ3v) is 5.21. The van der Waals surface area contributed by atoms with Crippen molar-refractivity contribution < 1.29 is 10.2 Å². The number of hydrogen-bond donors (Lipinski definition) is 2. The van der Waals surface area contributed by atoms with Crippen LogP contribution in [0, 0.1) is 11.8 Å². The van der Waals surface area contributed by atoms with Gasteiger partial charge < -0.3 is 10.2 Å². The average Bonchev–Trinajstić information content (AvgIpc) is 2.94. The summed E-state index contributed by atoms with van der Waals surface area (Å²) in [6, 6.07) is 9.88. The number of benzene rings is 1. The van der Waals surface area contributed by atoms with E-state index in [0.29, 0.717) is 18.4 Å². The molecule has 3 nitrogen and oxygen atoms in total. The highest BCUT2D eigenvalue weighted by Crippen LogP contribution is 2.45. The minimum absolute atomic E-state index is 0.403. The first-order chi connectivity index (χ1) is 9.59. The van der Waals surface area contributed by atoms with Crippen LogP contribution in [0.5, 0.6) is 0 Å². The second kappa shape index (κ2) is 5.47. The van der Waals surface area contributed by atoms with Crippen LogP contribution in [0.25, 0.3) is 0 Å². The van der Waals surface area contributed by atoms with E-state index in [1.165, 1.54) is 0 Å². The Labute approximate surface area is 121 Å². The van der Waals surface area contributed by atoms with Gasteiger partial charge in [-0.25, -0.2) is 0 Å². The van der Waals surface area contributed by atoms with Crippen LogP contribution in [0.15, 0.2) is 30.3 Å². The summed E-state index contributed by atoms with van der Waals surface area (Å²) in [5, 5.41) is 20.7. The van der Waals surface area contributed by atoms with E-state index in [1.54, 1.807) is 0 Å². The fourth-order valence-electron chi connectivity index (χ4n) is 4.02. The molecule has 3 rings (SSSR count). The van der Waals surface area contributed by atoms with Crippen molar-refractivity contribution in [3.63, 3.8) is 0 Å². The number of aliphatic hydroxyl groups is 2. The molecule has 1 aromatic carbocycles. The number of hydrogen-bond acceptors (Lipinski definition) is 3. The van der Waals surface area contributed by atoms with E-state index in [-0.39, 0.29) is 0 Å². The molecule has 0 amide bonds. The summed E-state index contributed by atoms with van der Waals surface area (Å²) in [4.78, 5) is 2.36. The van der Waals surface area contributed by atoms with E-state index in [1.807, 2.05) is 30.3 Å². The predicted octanol–water partition coefficient (Wildman–Crippen LogP) is 2.20. The standard InChI is InChI=1S/C17H25NO2/c1-2-17(20)8-14-10-18(11-15(14)9-17)12-16(19)13-6-4-3-5-7-13/h3-7,14-16,19-20H,2,8-12H2,1H3/t14-,15+,16-,17?/m0/s1. The molecule has 2 N–H and O–H groups in total. The minimum Gasteiger partial charge on any atom is -0.390 e. The molecule has 1 aliphatic heterocycles. The molecule has 1 saturated heterocycles. The van der Waals surface area contributed by atoms with Crippen molar-refractivity contribution in [2.75, 3.05) is 19.6 Å². The second-order valence-electron chi connectivity index (χ2n) is 6.65. The van der Waals surface area contributed by atoms with E-state index in [4.69, 9.17) is 0 Å². The molecule has 0 radical (unpaired) electrons. The van der Waals surface area contributed by atoms with Crippen molar-refractivity contribution >= 4 is 0 Å². The highest BCUT2D eigenvalue weighted by Gasteiger charge is 2.47. The lowest BCUT2D eigenvalue weighted by atomic mass is 9.97. The summed E-state index contributed by atoms with van der Waals surface area (Å²) in [6.07, 6.45) is 2.34. The van der Waals surface area contributed by atoms with Gasteiger partial charge in [0.25, 0.3) is 0 Å². The van der Waals surface area contributed by atoms with Crippen LogP contribution < -0.4 is 0 Å². The van der Waals surface area contributed by atoms with E-state index >= 15 is 0 Å². The largest absolute Gasteiger partial charge is 0.390 e. The first-order valence-corrected chi connectivity index (χ1v) is 7.77. The Balaban J connectivity index is 1.55. The van der Waals surface area contributed by atoms with Gasteiger partial charge in [-0.15, -0.1) is 0 Å². The highest BCUT2D eigenvalue weighted by atomic mass is 16.3. The number of fused-ring (bicyclic) bond motifs is 1. The number of nitrogens with zero attached hydrogens (tertiary/aromatic N) is 1. The van der Waals surface area contributed by atoms with Gasteiger partial charge in [-0.1, -0.05) is 37.3 Å². The van der Waals surface area contributed by atoms with Gasteiger partial charge in [-0.2, -0.15) is 0 Å². The molecule has 3 heteroatoms. The molecular weight excluding hydrogens is 250 g/mol. The van der Waals surface area contributed by atoms with E-state index < -0.39 is 11.7 Å². The molecule has 0 aromatic heterocycles. The van der Waals surface area contributed by atoms with Crippen LogP contribution in [-0.2, 0) is 0 Å². The quantitative estimate of drug-likeness (QED) is 0.885. The Bertz CT molecular complexity index is 434. The topological polar surface area (TPSA) is 43.7 Å². The van der Waals surface area contributed by atoms with Crippen LogP contribution in [0.3, 0.4) is 0 Å². The fourth-order valence-corrected chi connectivity index (χ4v) is 4.02. The Morgan fingerprint density at radius 1 is 1.20 bits per heavy atom. The van der Waals surface area contributed by atoms with Gasteiger partial charge in [-0.3, -0.25) is 4.90 Å². The van der Waals surface area contributed by atoms with E-state index in [2.05, 4.69) is 11.8 Å². The zero-order valence-corrected chi connectivity index (χ0v) is 12.2. The molecular formula is C17H25NO2. The number of likely N-dealkylation sites (tertiary alicyclic amines) is 1. The maximum atomic E-state index is 10.4. The van der Waals surface area contributed by atoms with Gasteiger partial charge in [0.2, 0.25) is 0 Å². The summed E-state index contributed by atoms with van der Waals surface area (Å²) >= 11 is 0. The third-order valence-electron chi connectivity index (χ3n) is 5.21. The maximum absolute atomic E-state index is 10.4. The van der Waals surface area contributed by atoms with Crippen molar-refractivity contribution in [2.45, 2.75) is 37.9 Å². The Morgan fingerprint density at radius 3 is 2.35 bits per heavy atom. The molecule has 2 aliphatic rings. The molecule has 4 atom stereocenters. The number of rotatable bonds is 4. The van der Waals surface area contributed by atoms with Crippen molar-refractivity contribution in [1.29, 1.82) is 0 Å². The fraction of sp³-hybridized carbons (Fsp3) is 0.647. The van der Waals surface area contributed by atoms with Gasteiger partial charge in [0, 0.05) is 19.6 Å². The molecule has 2 fully saturated rings. The lowest BCUT2D eigenvalue weighted by molar-refractivity contribution is 0.0289. The van der Waals surface area contributed by atoms with Gasteiger partial charge in [-0.05, 0) is 36.7 Å². The second-order valence-corrected chi connectivity index (χ2v) is 6.65. The lowest BCUT2D eigenvalue weighted by Gasteiger charge is -2.25. The zero-order valence-electron chi connectivity index (χ0n) is 12.2. The summed E-state index contributed by atoms with van der Waals surface area (Å²) in [7, 11) is 0. The molecule has 0 bridgehead atoms. The third kappa shape index (κ3) is 2.76. The summed E-state index contributed by atoms with van der Waals surface area (Å²) in [5.41, 5.74) is 0.578. The summed E-state index contributed by atoms with van der Waals surface area (Å²) in [6.45, 7) is 4.84. The summed E-state index contributed by atoms with van der Waals surface area (Å²) < 4.78 is 0. The van der Waals surface area contributed by atoms with Crippen molar-refractivity contribution in [2.24, 2.45) is 11.8 Å². The van der Waals surface area contributed by atoms with Crippen LogP contribution >= 0.6 is 0 Å². The molecule has 0 spiro atoms. The normalized spacial score (nSPS) is 35.1. The monoisotopic (exact) mass is 275 g/mol. The number of aliphatic hydroxyl groups excluding tert-OH is 1. The first kappa shape index (κ1) is 14.1. The maximum Gasteiger partial charge on any atom is 0.0916 e. The van der Waals surface area contributed by atoms with E-state index in [0.717, 1.165) is 37.9 Å². The van der Waals surface area contributed by atoms with Crippen LogP contribution in [-0.4, -0.2) is 40.3 Å². The molecule has 1 heterocycles. The molecule has 1 unspecified atom stereocenters. The Kier molecular flexibility index (Phi) is 3.85. The van der Waals surface area contributed by atoms with Crippen LogP contribution in [0.1, 0.15) is 37.9 Å². The average molecular weight is 275 g/mol. The van der Waals surface area contributed by atoms with Crippen molar-refractivity contribution in [3.8, 4) is 0 Å². The van der Waals surface area contributed by atoms with Gasteiger partial charge in [0.15, 0.2) is 0 Å². The zero-order chi connectivity index (χ0) is 14.2. The molecule has 20 heavy (non-hydrogen) atoms. The van der Waals surface area contributed by atoms with Gasteiger partial charge in [0.05, 0.1) is 11.7 Å². The van der Waals surface area contributed by atoms with Crippen LogP contribution in [0.2, 0.25) is 0 Å². The van der Waals surface area contributed by atoms with E-state index in [9.17, 15) is 10.2 Å². The Morgan fingerprint density at radius 2 is 1.80 bits per heavy atom. The number of β-amino-alcohol motifs (C(OH)–C–C–N with tert-alkyl or cyclic N) is 1. The predicted molar refractivity (Wildman–Crippen MR) is 79.3 cm³/mol. The molecule has 1 aliphatic carbocycles. The van der Waals surface area contributed by atoms with Gasteiger partial charge in [0.1, 0.15) is 0 Å². The SMILES string of the molecule is CCC1(O)C[C@H]2CN(C[C@H](O)c3ccccc3)C[C@H]2C1. The smallest absolute Gasteiger partial charge is 0.0916 e. The molecule has 1 aromatic rings. The highest BCUT2D eigenvalue weighted by molar-refractivity contribution is 5.17. The lowest BCUT2D eigenvalue weighted by Crippen LogP contribution is -2.31.